The Balaban J connectivity index is 4.26. The first-order valence-electron chi connectivity index (χ1n) is 6.77. The number of hydrogen-bond donors (Lipinski definition) is 3. The second-order valence-corrected chi connectivity index (χ2v) is 4.41. The van der Waals surface area contributed by atoms with Gasteiger partial charge in [-0.1, -0.05) is 6.92 Å². The van der Waals surface area contributed by atoms with Crippen LogP contribution in [0.4, 0.5) is 0 Å². The van der Waals surface area contributed by atoms with Gasteiger partial charge >= 0.3 is 5.97 Å². The molecule has 0 aliphatic carbocycles. The van der Waals surface area contributed by atoms with E-state index in [1.165, 1.54) is 14.2 Å². The van der Waals surface area contributed by atoms with Gasteiger partial charge in [0.1, 0.15) is 12.7 Å². The molecule has 0 rings (SSSR count). The molecule has 0 spiro atoms. The van der Waals surface area contributed by atoms with Crippen LogP contribution in [0.1, 0.15) is 26.2 Å². The summed E-state index contributed by atoms with van der Waals surface area (Å²) in [6.45, 7) is 0.784. The van der Waals surface area contributed by atoms with Crippen LogP contribution >= 0.6 is 0 Å². The summed E-state index contributed by atoms with van der Waals surface area (Å²) >= 11 is 0. The van der Waals surface area contributed by atoms with E-state index in [1.807, 2.05) is 0 Å². The molecule has 0 aromatic heterocycles. The third-order valence-electron chi connectivity index (χ3n) is 3.00. The fourth-order valence-electron chi connectivity index (χ4n) is 1.52. The minimum absolute atomic E-state index is 0.0353. The summed E-state index contributed by atoms with van der Waals surface area (Å²) in [5, 5.41) is 20.9. The normalized spacial score (nSPS) is 15.1. The quantitative estimate of drug-likeness (QED) is 0.337. The minimum Gasteiger partial charge on any atom is -0.463 e. The summed E-state index contributed by atoms with van der Waals surface area (Å²) in [7, 11) is 2.86. The second-order valence-electron chi connectivity index (χ2n) is 4.41. The van der Waals surface area contributed by atoms with Crippen molar-refractivity contribution in [1.29, 1.82) is 0 Å². The Bertz CT molecular complexity index is 309. The molecule has 0 bridgehead atoms. The first kappa shape index (κ1) is 19.8. The Morgan fingerprint density at radius 3 is 2.38 bits per heavy atom. The maximum atomic E-state index is 11.4. The van der Waals surface area contributed by atoms with Gasteiger partial charge in [0.05, 0.1) is 19.6 Å². The van der Waals surface area contributed by atoms with E-state index in [0.717, 1.165) is 0 Å². The van der Waals surface area contributed by atoms with Crippen molar-refractivity contribution >= 4 is 11.9 Å². The van der Waals surface area contributed by atoms with Crippen LogP contribution in [0.3, 0.4) is 0 Å². The van der Waals surface area contributed by atoms with Crippen LogP contribution in [0, 0.1) is 0 Å². The van der Waals surface area contributed by atoms with Crippen molar-refractivity contribution in [2.75, 3.05) is 34.0 Å². The molecule has 8 heteroatoms. The van der Waals surface area contributed by atoms with E-state index in [9.17, 15) is 19.8 Å². The Morgan fingerprint density at radius 2 is 1.95 bits per heavy atom. The zero-order valence-corrected chi connectivity index (χ0v) is 12.8. The molecule has 0 saturated carbocycles. The highest BCUT2D eigenvalue weighted by Crippen LogP contribution is 2.18. The predicted octanol–water partition coefficient (Wildman–Crippen LogP) is -0.822. The lowest BCUT2D eigenvalue weighted by atomic mass is 10.2. The summed E-state index contributed by atoms with van der Waals surface area (Å²) in [6.07, 6.45) is -0.476. The molecule has 0 aliphatic rings. The number of aliphatic hydroxyl groups excluding tert-OH is 2. The number of carbonyl (C=O) groups excluding carboxylic acids is 2. The first-order chi connectivity index (χ1) is 9.96. The van der Waals surface area contributed by atoms with Crippen molar-refractivity contribution in [3.8, 4) is 0 Å². The number of carbonyl (C=O) groups is 2. The average molecular weight is 307 g/mol. The van der Waals surface area contributed by atoms with Crippen molar-refractivity contribution in [3.05, 3.63) is 0 Å². The molecule has 3 N–H and O–H groups in total. The number of esters is 1. The van der Waals surface area contributed by atoms with Crippen LogP contribution in [0.2, 0.25) is 0 Å². The van der Waals surface area contributed by atoms with Crippen LogP contribution in [0.5, 0.6) is 0 Å². The minimum atomic E-state index is -1.23. The summed E-state index contributed by atoms with van der Waals surface area (Å²) in [5.74, 6) is -2.06. The molecule has 8 nitrogen and oxygen atoms in total. The van der Waals surface area contributed by atoms with Crippen molar-refractivity contribution in [2.24, 2.45) is 0 Å². The van der Waals surface area contributed by atoms with Gasteiger partial charge in [-0.3, -0.25) is 9.59 Å². The van der Waals surface area contributed by atoms with Crippen molar-refractivity contribution < 1.29 is 34.0 Å². The largest absolute Gasteiger partial charge is 0.463 e. The molecule has 0 aromatic carbocycles. The molecule has 2 atom stereocenters. The molecule has 21 heavy (non-hydrogen) atoms. The van der Waals surface area contributed by atoms with Crippen molar-refractivity contribution in [2.45, 2.75) is 38.1 Å². The second kappa shape index (κ2) is 10.5. The summed E-state index contributed by atoms with van der Waals surface area (Å²) in [5.41, 5.74) is 0. The van der Waals surface area contributed by atoms with Crippen LogP contribution < -0.4 is 5.32 Å². The molecule has 0 radical (unpaired) electrons. The van der Waals surface area contributed by atoms with E-state index in [2.05, 4.69) is 5.32 Å². The van der Waals surface area contributed by atoms with E-state index >= 15 is 0 Å². The van der Waals surface area contributed by atoms with E-state index in [-0.39, 0.29) is 32.0 Å². The zero-order chi connectivity index (χ0) is 16.3. The third-order valence-corrected chi connectivity index (χ3v) is 3.00. The average Bonchev–Trinajstić information content (AvgIpc) is 2.53. The van der Waals surface area contributed by atoms with Gasteiger partial charge in [0.25, 0.3) is 0 Å². The molecule has 0 aliphatic heterocycles. The number of hydrogen-bond acceptors (Lipinski definition) is 7. The van der Waals surface area contributed by atoms with Crippen molar-refractivity contribution in [1.82, 2.24) is 5.32 Å². The highest BCUT2D eigenvalue weighted by Gasteiger charge is 2.31. The lowest BCUT2D eigenvalue weighted by Gasteiger charge is -2.32. The zero-order valence-electron chi connectivity index (χ0n) is 12.8. The van der Waals surface area contributed by atoms with E-state index < -0.39 is 24.5 Å². The van der Waals surface area contributed by atoms with Gasteiger partial charge < -0.3 is 29.7 Å². The molecule has 0 aromatic rings. The van der Waals surface area contributed by atoms with Gasteiger partial charge in [-0.15, -0.1) is 0 Å². The summed E-state index contributed by atoms with van der Waals surface area (Å²) < 4.78 is 15.5. The number of nitrogens with one attached hydrogen (secondary N) is 1. The van der Waals surface area contributed by atoms with Gasteiger partial charge in [-0.2, -0.15) is 0 Å². The molecule has 1 unspecified atom stereocenters. The fraction of sp³-hybridized carbons (Fsp3) is 0.846. The van der Waals surface area contributed by atoms with Gasteiger partial charge in [0.2, 0.25) is 5.91 Å². The molecule has 0 fully saturated rings. The number of aliphatic hydroxyl groups is 2. The van der Waals surface area contributed by atoms with Crippen LogP contribution in [0.15, 0.2) is 0 Å². The Morgan fingerprint density at radius 1 is 1.29 bits per heavy atom. The van der Waals surface area contributed by atoms with E-state index in [4.69, 9.17) is 14.2 Å². The number of amides is 1. The molecule has 0 saturated heterocycles. The van der Waals surface area contributed by atoms with Gasteiger partial charge in [0, 0.05) is 27.0 Å². The predicted molar refractivity (Wildman–Crippen MR) is 73.3 cm³/mol. The fourth-order valence-corrected chi connectivity index (χ4v) is 1.52. The third kappa shape index (κ3) is 7.37. The SMILES string of the molecule is CC[C@@](CO)(OC)OC(CO)COC(=O)CCC(=O)NC. The van der Waals surface area contributed by atoms with E-state index in [0.29, 0.717) is 6.42 Å². The number of rotatable bonds is 11. The monoisotopic (exact) mass is 307 g/mol. The first-order valence-corrected chi connectivity index (χ1v) is 6.77. The summed E-state index contributed by atoms with van der Waals surface area (Å²) in [4.78, 5) is 22.4. The number of methoxy groups -OCH3 is 1. The molecular formula is C13H25NO7. The Labute approximate surface area is 124 Å². The molecular weight excluding hydrogens is 282 g/mol. The van der Waals surface area contributed by atoms with Crippen molar-refractivity contribution in [3.63, 3.8) is 0 Å². The smallest absolute Gasteiger partial charge is 0.306 e. The van der Waals surface area contributed by atoms with Crippen LogP contribution in [-0.4, -0.2) is 68.0 Å². The molecule has 1 amide bonds. The highest BCUT2D eigenvalue weighted by molar-refractivity contribution is 5.80. The number of ether oxygens (including phenoxy) is 3. The maximum absolute atomic E-state index is 11.4. The van der Waals surface area contributed by atoms with Gasteiger partial charge in [-0.05, 0) is 0 Å². The van der Waals surface area contributed by atoms with Crippen LogP contribution in [0.25, 0.3) is 0 Å². The molecule has 0 heterocycles. The maximum Gasteiger partial charge on any atom is 0.306 e. The lowest BCUT2D eigenvalue weighted by Crippen LogP contribution is -2.44. The summed E-state index contributed by atoms with van der Waals surface area (Å²) in [6, 6.07) is 0. The topological polar surface area (TPSA) is 114 Å². The van der Waals surface area contributed by atoms with Gasteiger partial charge in [-0.25, -0.2) is 0 Å². The lowest BCUT2D eigenvalue weighted by molar-refractivity contribution is -0.273. The standard InChI is InChI=1S/C13H25NO7/c1-4-13(9-16,19-3)21-10(7-15)8-20-12(18)6-5-11(17)14-2/h10,15-16H,4-9H2,1-3H3,(H,14,17)/t10?,13-/m1/s1. The highest BCUT2D eigenvalue weighted by atomic mass is 16.7. The van der Waals surface area contributed by atoms with E-state index in [1.54, 1.807) is 6.92 Å². The van der Waals surface area contributed by atoms with Crippen LogP contribution in [-0.2, 0) is 23.8 Å². The Hall–Kier alpha value is -1.22. The van der Waals surface area contributed by atoms with Gasteiger partial charge in [0.15, 0.2) is 5.79 Å². The molecule has 124 valence electrons. The Kier molecular flexibility index (Phi) is 9.89.